The van der Waals surface area contributed by atoms with Crippen LogP contribution in [-0.4, -0.2) is 46.4 Å². The number of rotatable bonds is 3. The molecule has 162 valence electrons. The summed E-state index contributed by atoms with van der Waals surface area (Å²) < 4.78 is 10.2. The van der Waals surface area contributed by atoms with E-state index in [-0.39, 0.29) is 18.1 Å². The van der Waals surface area contributed by atoms with Crippen LogP contribution in [0.4, 0.5) is 0 Å². The van der Waals surface area contributed by atoms with Gasteiger partial charge < -0.3 is 19.7 Å². The number of aliphatic hydroxyl groups is 2. The quantitative estimate of drug-likeness (QED) is 0.409. The molecule has 0 aromatic heterocycles. The number of Topliss-reactive ketones (excluding diaryl/α,β-unsaturated/α-hetero) is 1. The second-order valence-corrected chi connectivity index (χ2v) is 10.3. The first-order chi connectivity index (χ1) is 14.0. The fourth-order valence-electron chi connectivity index (χ4n) is 8.08. The van der Waals surface area contributed by atoms with Gasteiger partial charge in [-0.2, -0.15) is 0 Å². The van der Waals surface area contributed by atoms with E-state index in [1.807, 2.05) is 6.08 Å². The number of fused-ring (bicyclic) bond motifs is 1. The molecule has 7 nitrogen and oxygen atoms in total. The van der Waals surface area contributed by atoms with Gasteiger partial charge in [0.15, 0.2) is 0 Å². The van der Waals surface area contributed by atoms with Gasteiger partial charge in [-0.3, -0.25) is 14.4 Å². The van der Waals surface area contributed by atoms with Crippen LogP contribution in [0.1, 0.15) is 46.0 Å². The maximum Gasteiger partial charge on any atom is 0.312 e. The van der Waals surface area contributed by atoms with Crippen LogP contribution in [0.3, 0.4) is 0 Å². The van der Waals surface area contributed by atoms with Crippen LogP contribution in [0.25, 0.3) is 0 Å². The van der Waals surface area contributed by atoms with E-state index in [1.165, 1.54) is 6.92 Å². The van der Waals surface area contributed by atoms with Gasteiger partial charge in [0.25, 0.3) is 0 Å². The van der Waals surface area contributed by atoms with Gasteiger partial charge in [-0.25, -0.2) is 0 Å². The fraction of sp³-hybridized carbons (Fsp3) is 0.696. The van der Waals surface area contributed by atoms with Crippen LogP contribution in [0.15, 0.2) is 24.3 Å². The highest BCUT2D eigenvalue weighted by Crippen LogP contribution is 2.80. The SMILES string of the molecule is C=C1C[C@]23C[C@@]1(O)CCC2[C@@]12C=C[C@H](O)[C@@](C)(C(=O)C1)C2C3C(=O)OCOC(C)=O. The molecule has 4 saturated carbocycles. The third kappa shape index (κ3) is 2.10. The van der Waals surface area contributed by atoms with Gasteiger partial charge in [0.05, 0.1) is 23.0 Å². The molecule has 30 heavy (non-hydrogen) atoms. The molecule has 0 aromatic carbocycles. The van der Waals surface area contributed by atoms with Gasteiger partial charge in [0, 0.05) is 18.8 Å². The molecule has 5 aliphatic carbocycles. The molecule has 0 aliphatic heterocycles. The van der Waals surface area contributed by atoms with Crippen molar-refractivity contribution in [2.75, 3.05) is 6.79 Å². The molecule has 0 amide bonds. The summed E-state index contributed by atoms with van der Waals surface area (Å²) in [4.78, 5) is 37.8. The topological polar surface area (TPSA) is 110 Å². The van der Waals surface area contributed by atoms with E-state index < -0.39 is 58.5 Å². The highest BCUT2D eigenvalue weighted by molar-refractivity contribution is 5.93. The second kappa shape index (κ2) is 5.82. The Bertz CT molecular complexity index is 907. The van der Waals surface area contributed by atoms with Crippen LogP contribution in [0, 0.1) is 34.0 Å². The molecule has 1 spiro atoms. The molecule has 3 unspecified atom stereocenters. The highest BCUT2D eigenvalue weighted by Gasteiger charge is 2.81. The summed E-state index contributed by atoms with van der Waals surface area (Å²) in [6.45, 7) is 6.62. The van der Waals surface area contributed by atoms with Gasteiger partial charge in [0.1, 0.15) is 5.78 Å². The molecule has 0 aromatic rings. The lowest BCUT2D eigenvalue weighted by atomic mass is 9.59. The predicted molar refractivity (Wildman–Crippen MR) is 103 cm³/mol. The van der Waals surface area contributed by atoms with Gasteiger partial charge >= 0.3 is 11.9 Å². The summed E-state index contributed by atoms with van der Waals surface area (Å²) in [7, 11) is 0. The van der Waals surface area contributed by atoms with E-state index in [9.17, 15) is 24.6 Å². The number of aliphatic hydroxyl groups excluding tert-OH is 1. The molecule has 5 rings (SSSR count). The van der Waals surface area contributed by atoms with Gasteiger partial charge in [-0.15, -0.1) is 0 Å². The van der Waals surface area contributed by atoms with Crippen LogP contribution < -0.4 is 0 Å². The lowest BCUT2D eigenvalue weighted by molar-refractivity contribution is -0.176. The minimum Gasteiger partial charge on any atom is -0.428 e. The van der Waals surface area contributed by atoms with Crippen molar-refractivity contribution in [3.05, 3.63) is 24.3 Å². The van der Waals surface area contributed by atoms with Gasteiger partial charge in [-0.1, -0.05) is 18.7 Å². The molecule has 5 aliphatic rings. The standard InChI is InChI=1S/C23H28O7/c1-12-8-22-10-23(12,28)7-4-14(22)21-6-5-15(25)20(3,16(26)9-21)18(21)17(22)19(27)30-11-29-13(2)24/h5-6,14-15,17-18,25,28H,1,4,7-11H2,2-3H3/t14?,15-,17?,18?,20-,21+,22-,23-/m0/s1. The molecule has 4 fully saturated rings. The van der Waals surface area contributed by atoms with E-state index in [2.05, 4.69) is 6.58 Å². The number of allylic oxidation sites excluding steroid dienone is 1. The molecule has 8 atom stereocenters. The summed E-state index contributed by atoms with van der Waals surface area (Å²) >= 11 is 0. The van der Waals surface area contributed by atoms with Crippen LogP contribution >= 0.6 is 0 Å². The van der Waals surface area contributed by atoms with Gasteiger partial charge in [-0.05, 0) is 55.4 Å². The molecule has 0 radical (unpaired) electrons. The summed E-state index contributed by atoms with van der Waals surface area (Å²) in [6.07, 6.45) is 5.13. The Morgan fingerprint density at radius 3 is 2.73 bits per heavy atom. The Morgan fingerprint density at radius 2 is 2.03 bits per heavy atom. The molecule has 4 bridgehead atoms. The number of esters is 2. The van der Waals surface area contributed by atoms with Crippen molar-refractivity contribution in [1.29, 1.82) is 0 Å². The average molecular weight is 416 g/mol. The van der Waals surface area contributed by atoms with Crippen molar-refractivity contribution in [3.63, 3.8) is 0 Å². The maximum atomic E-state index is 13.5. The number of hydrogen-bond donors (Lipinski definition) is 2. The zero-order chi connectivity index (χ0) is 21.7. The average Bonchev–Trinajstić information content (AvgIpc) is 3.08. The van der Waals surface area contributed by atoms with E-state index in [1.54, 1.807) is 13.0 Å². The van der Waals surface area contributed by atoms with E-state index >= 15 is 0 Å². The summed E-state index contributed by atoms with van der Waals surface area (Å²) in [6, 6.07) is 0. The molecular weight excluding hydrogens is 388 g/mol. The normalized spacial score (nSPS) is 50.3. The predicted octanol–water partition coefficient (Wildman–Crippen LogP) is 1.67. The first-order valence-corrected chi connectivity index (χ1v) is 10.6. The Morgan fingerprint density at radius 1 is 1.30 bits per heavy atom. The van der Waals surface area contributed by atoms with E-state index in [4.69, 9.17) is 9.47 Å². The number of carbonyl (C=O) groups is 3. The van der Waals surface area contributed by atoms with Crippen molar-refractivity contribution in [3.8, 4) is 0 Å². The Balaban J connectivity index is 1.64. The fourth-order valence-corrected chi connectivity index (χ4v) is 8.08. The van der Waals surface area contributed by atoms with E-state index in [0.717, 1.165) is 5.57 Å². The van der Waals surface area contributed by atoms with Crippen molar-refractivity contribution in [2.45, 2.75) is 57.7 Å². The van der Waals surface area contributed by atoms with Crippen LogP contribution in [0.5, 0.6) is 0 Å². The van der Waals surface area contributed by atoms with Crippen molar-refractivity contribution in [1.82, 2.24) is 0 Å². The summed E-state index contributed by atoms with van der Waals surface area (Å²) in [5.74, 6) is -2.23. The number of ketones is 1. The minimum atomic E-state index is -1.09. The first-order valence-electron chi connectivity index (χ1n) is 10.6. The Hall–Kier alpha value is -1.99. The zero-order valence-corrected chi connectivity index (χ0v) is 17.3. The molecule has 0 heterocycles. The minimum absolute atomic E-state index is 0.00956. The van der Waals surface area contributed by atoms with Crippen molar-refractivity contribution >= 4 is 17.7 Å². The van der Waals surface area contributed by atoms with E-state index in [0.29, 0.717) is 25.7 Å². The Kier molecular flexibility index (Phi) is 3.87. The molecule has 7 heteroatoms. The summed E-state index contributed by atoms with van der Waals surface area (Å²) in [5, 5.41) is 22.0. The molecule has 2 N–H and O–H groups in total. The third-order valence-corrected chi connectivity index (χ3v) is 9.18. The summed E-state index contributed by atoms with van der Waals surface area (Å²) in [5.41, 5.74) is -2.49. The molecule has 0 saturated heterocycles. The highest BCUT2D eigenvalue weighted by atomic mass is 16.7. The smallest absolute Gasteiger partial charge is 0.312 e. The lowest BCUT2D eigenvalue weighted by Crippen LogP contribution is -2.50. The number of ether oxygens (including phenoxy) is 2. The second-order valence-electron chi connectivity index (χ2n) is 10.3. The number of hydrogen-bond acceptors (Lipinski definition) is 7. The van der Waals surface area contributed by atoms with Crippen molar-refractivity contribution < 1.29 is 34.1 Å². The van der Waals surface area contributed by atoms with Crippen LogP contribution in [-0.2, 0) is 23.9 Å². The zero-order valence-electron chi connectivity index (χ0n) is 17.3. The largest absolute Gasteiger partial charge is 0.428 e. The third-order valence-electron chi connectivity index (χ3n) is 9.18. The van der Waals surface area contributed by atoms with Gasteiger partial charge in [0.2, 0.25) is 6.79 Å². The lowest BCUT2D eigenvalue weighted by Gasteiger charge is -2.45. The van der Waals surface area contributed by atoms with Crippen molar-refractivity contribution in [2.24, 2.45) is 34.0 Å². The maximum absolute atomic E-state index is 13.5. The monoisotopic (exact) mass is 416 g/mol. The van der Waals surface area contributed by atoms with Crippen LogP contribution in [0.2, 0.25) is 0 Å². The Labute approximate surface area is 175 Å². The molecular formula is C23H28O7. The first kappa shape index (κ1) is 19.9. The number of carbonyl (C=O) groups excluding carboxylic acids is 3.